The minimum absolute atomic E-state index is 0.00589. The van der Waals surface area contributed by atoms with Crippen LogP contribution in [0.3, 0.4) is 0 Å². The molecule has 5 heteroatoms. The number of morpholine rings is 1. The van der Waals surface area contributed by atoms with Crippen molar-refractivity contribution in [3.05, 3.63) is 65.7 Å². The van der Waals surface area contributed by atoms with Crippen molar-refractivity contribution in [2.24, 2.45) is 5.73 Å². The maximum atomic E-state index is 12.5. The van der Waals surface area contributed by atoms with E-state index in [2.05, 4.69) is 0 Å². The lowest BCUT2D eigenvalue weighted by atomic mass is 10.1. The fourth-order valence-electron chi connectivity index (χ4n) is 2.66. The van der Waals surface area contributed by atoms with E-state index in [1.54, 1.807) is 17.0 Å². The Morgan fingerprint density at radius 3 is 2.62 bits per heavy atom. The molecule has 2 N–H and O–H groups in total. The second-order valence-corrected chi connectivity index (χ2v) is 5.78. The number of hydrogen-bond donors (Lipinski definition) is 1. The van der Waals surface area contributed by atoms with Gasteiger partial charge in [0, 0.05) is 25.2 Å². The van der Waals surface area contributed by atoms with Crippen LogP contribution in [0.1, 0.15) is 15.9 Å². The summed E-state index contributed by atoms with van der Waals surface area (Å²) < 4.78 is 11.2. The van der Waals surface area contributed by atoms with Crippen molar-refractivity contribution in [2.45, 2.75) is 12.7 Å². The van der Waals surface area contributed by atoms with Crippen LogP contribution in [0, 0.1) is 0 Å². The molecular formula is C19H22N2O3. The van der Waals surface area contributed by atoms with Crippen LogP contribution in [0.25, 0.3) is 0 Å². The molecule has 1 amide bonds. The van der Waals surface area contributed by atoms with Crippen molar-refractivity contribution in [3.63, 3.8) is 0 Å². The molecule has 1 aliphatic rings. The first kappa shape index (κ1) is 16.5. The fraction of sp³-hybridized carbons (Fsp3) is 0.316. The number of hydrogen-bond acceptors (Lipinski definition) is 4. The lowest BCUT2D eigenvalue weighted by Crippen LogP contribution is -2.48. The van der Waals surface area contributed by atoms with E-state index >= 15 is 0 Å². The van der Waals surface area contributed by atoms with Gasteiger partial charge in [0.15, 0.2) is 0 Å². The Kier molecular flexibility index (Phi) is 5.46. The van der Waals surface area contributed by atoms with Gasteiger partial charge < -0.3 is 20.1 Å². The van der Waals surface area contributed by atoms with E-state index in [0.717, 1.165) is 11.3 Å². The normalized spacial score (nSPS) is 17.5. The van der Waals surface area contributed by atoms with Crippen LogP contribution in [-0.2, 0) is 11.3 Å². The number of carbonyl (C=O) groups excluding carboxylic acids is 1. The molecular weight excluding hydrogens is 304 g/mol. The molecule has 2 aromatic carbocycles. The number of ether oxygens (including phenoxy) is 2. The van der Waals surface area contributed by atoms with Gasteiger partial charge in [0.1, 0.15) is 12.4 Å². The molecule has 1 atom stereocenters. The topological polar surface area (TPSA) is 64.8 Å². The third-order valence-electron chi connectivity index (χ3n) is 4.04. The summed E-state index contributed by atoms with van der Waals surface area (Å²) in [6.45, 7) is 2.61. The molecule has 0 spiro atoms. The van der Waals surface area contributed by atoms with Crippen molar-refractivity contribution in [2.75, 3.05) is 26.2 Å². The van der Waals surface area contributed by atoms with Gasteiger partial charge in [-0.25, -0.2) is 0 Å². The third kappa shape index (κ3) is 4.13. The number of rotatable bonds is 5. The minimum Gasteiger partial charge on any atom is -0.489 e. The molecule has 0 saturated carbocycles. The zero-order valence-corrected chi connectivity index (χ0v) is 13.6. The zero-order chi connectivity index (χ0) is 16.8. The molecule has 1 saturated heterocycles. The second kappa shape index (κ2) is 7.95. The van der Waals surface area contributed by atoms with Crippen molar-refractivity contribution >= 4 is 5.91 Å². The van der Waals surface area contributed by atoms with Gasteiger partial charge in [0.25, 0.3) is 5.91 Å². The SMILES string of the molecule is NCC1CN(C(=O)c2ccc(OCc3ccccc3)cc2)CCO1. The molecule has 1 heterocycles. The quantitative estimate of drug-likeness (QED) is 0.913. The summed E-state index contributed by atoms with van der Waals surface area (Å²) in [6, 6.07) is 17.2. The standard InChI is InChI=1S/C19H22N2O3/c20-12-18-13-21(10-11-23-18)19(22)16-6-8-17(9-7-16)24-14-15-4-2-1-3-5-15/h1-9,18H,10-14,20H2. The van der Waals surface area contributed by atoms with Crippen molar-refractivity contribution in [1.82, 2.24) is 4.90 Å². The summed E-state index contributed by atoms with van der Waals surface area (Å²) in [5.41, 5.74) is 7.39. The van der Waals surface area contributed by atoms with Crippen molar-refractivity contribution < 1.29 is 14.3 Å². The van der Waals surface area contributed by atoms with Crippen LogP contribution in [0.2, 0.25) is 0 Å². The predicted molar refractivity (Wildman–Crippen MR) is 91.9 cm³/mol. The van der Waals surface area contributed by atoms with E-state index < -0.39 is 0 Å². The third-order valence-corrected chi connectivity index (χ3v) is 4.04. The van der Waals surface area contributed by atoms with E-state index in [-0.39, 0.29) is 12.0 Å². The van der Waals surface area contributed by atoms with Gasteiger partial charge in [0.2, 0.25) is 0 Å². The Hall–Kier alpha value is -2.37. The first-order valence-corrected chi connectivity index (χ1v) is 8.14. The average molecular weight is 326 g/mol. The predicted octanol–water partition coefficient (Wildman–Crippen LogP) is 2.07. The smallest absolute Gasteiger partial charge is 0.254 e. The maximum Gasteiger partial charge on any atom is 0.254 e. The number of benzene rings is 2. The summed E-state index contributed by atoms with van der Waals surface area (Å²) in [4.78, 5) is 14.3. The minimum atomic E-state index is -0.0730. The van der Waals surface area contributed by atoms with E-state index in [0.29, 0.717) is 38.4 Å². The molecule has 2 aromatic rings. The van der Waals surface area contributed by atoms with Gasteiger partial charge >= 0.3 is 0 Å². The van der Waals surface area contributed by atoms with Crippen LogP contribution in [0.5, 0.6) is 5.75 Å². The summed E-state index contributed by atoms with van der Waals surface area (Å²) in [7, 11) is 0. The molecule has 1 unspecified atom stereocenters. The van der Waals surface area contributed by atoms with Crippen molar-refractivity contribution in [3.8, 4) is 5.75 Å². The molecule has 126 valence electrons. The molecule has 24 heavy (non-hydrogen) atoms. The lowest BCUT2D eigenvalue weighted by Gasteiger charge is -2.32. The van der Waals surface area contributed by atoms with Crippen LogP contribution >= 0.6 is 0 Å². The highest BCUT2D eigenvalue weighted by Crippen LogP contribution is 2.16. The van der Waals surface area contributed by atoms with Crippen LogP contribution < -0.4 is 10.5 Å². The van der Waals surface area contributed by atoms with Gasteiger partial charge in [0.05, 0.1) is 12.7 Å². The van der Waals surface area contributed by atoms with Crippen LogP contribution in [0.4, 0.5) is 0 Å². The molecule has 0 radical (unpaired) electrons. The van der Waals surface area contributed by atoms with Gasteiger partial charge in [-0.15, -0.1) is 0 Å². The first-order valence-electron chi connectivity index (χ1n) is 8.14. The Morgan fingerprint density at radius 1 is 1.17 bits per heavy atom. The molecule has 0 aromatic heterocycles. The summed E-state index contributed by atoms with van der Waals surface area (Å²) >= 11 is 0. The highest BCUT2D eigenvalue weighted by molar-refractivity contribution is 5.94. The summed E-state index contributed by atoms with van der Waals surface area (Å²) in [5, 5.41) is 0. The second-order valence-electron chi connectivity index (χ2n) is 5.78. The Balaban J connectivity index is 1.58. The molecule has 0 bridgehead atoms. The summed E-state index contributed by atoms with van der Waals surface area (Å²) in [5.74, 6) is 0.753. The maximum absolute atomic E-state index is 12.5. The molecule has 1 aliphatic heterocycles. The van der Waals surface area contributed by atoms with Gasteiger partial charge in [-0.05, 0) is 29.8 Å². The average Bonchev–Trinajstić information content (AvgIpc) is 2.67. The van der Waals surface area contributed by atoms with Crippen LogP contribution in [0.15, 0.2) is 54.6 Å². The lowest BCUT2D eigenvalue weighted by molar-refractivity contribution is -0.0167. The number of nitrogens with zero attached hydrogens (tertiary/aromatic N) is 1. The Morgan fingerprint density at radius 2 is 1.92 bits per heavy atom. The number of amides is 1. The van der Waals surface area contributed by atoms with E-state index in [1.165, 1.54) is 0 Å². The number of nitrogens with two attached hydrogens (primary N) is 1. The van der Waals surface area contributed by atoms with E-state index in [1.807, 2.05) is 42.5 Å². The van der Waals surface area contributed by atoms with E-state index in [4.69, 9.17) is 15.2 Å². The summed E-state index contributed by atoms with van der Waals surface area (Å²) in [6.07, 6.45) is -0.0730. The van der Waals surface area contributed by atoms with E-state index in [9.17, 15) is 4.79 Å². The molecule has 3 rings (SSSR count). The Labute approximate surface area is 142 Å². The van der Waals surface area contributed by atoms with Crippen molar-refractivity contribution in [1.29, 1.82) is 0 Å². The zero-order valence-electron chi connectivity index (χ0n) is 13.6. The highest BCUT2D eigenvalue weighted by Gasteiger charge is 2.24. The largest absolute Gasteiger partial charge is 0.489 e. The van der Waals surface area contributed by atoms with Crippen LogP contribution in [-0.4, -0.2) is 43.2 Å². The molecule has 1 fully saturated rings. The molecule has 0 aliphatic carbocycles. The molecule has 5 nitrogen and oxygen atoms in total. The Bertz CT molecular complexity index is 658. The van der Waals surface area contributed by atoms with Gasteiger partial charge in [-0.2, -0.15) is 0 Å². The highest BCUT2D eigenvalue weighted by atomic mass is 16.5. The van der Waals surface area contributed by atoms with Gasteiger partial charge in [-0.3, -0.25) is 4.79 Å². The monoisotopic (exact) mass is 326 g/mol. The van der Waals surface area contributed by atoms with Gasteiger partial charge in [-0.1, -0.05) is 30.3 Å². The number of carbonyl (C=O) groups is 1. The first-order chi connectivity index (χ1) is 11.8. The fourth-order valence-corrected chi connectivity index (χ4v) is 2.66.